The normalized spacial score (nSPS) is 19.4. The van der Waals surface area contributed by atoms with Crippen LogP contribution < -0.4 is 11.4 Å². The molecule has 0 aliphatic carbocycles. The fourth-order valence-corrected chi connectivity index (χ4v) is 1.54. The summed E-state index contributed by atoms with van der Waals surface area (Å²) < 4.78 is 3.40. The number of carbonyl (C=O) groups is 1. The van der Waals surface area contributed by atoms with Gasteiger partial charge in [-0.25, -0.2) is 23.5 Å². The summed E-state index contributed by atoms with van der Waals surface area (Å²) in [7, 11) is 1.39. The number of carbonyl (C=O) groups excluding carboxylic acids is 1. The molecule has 0 amide bonds. The molecule has 0 saturated heterocycles. The molecule has 1 unspecified atom stereocenters. The van der Waals surface area contributed by atoms with E-state index in [0.29, 0.717) is 12.8 Å². The standard InChI is InChI=1S/C8H9N3O3/c1-9-7(13)10-4-2-3-6(5-12)11(10)8(9)14/h2-3,5-6H,4H2,1H3. The molecule has 1 aliphatic heterocycles. The van der Waals surface area contributed by atoms with Crippen LogP contribution in [0.25, 0.3) is 0 Å². The lowest BCUT2D eigenvalue weighted by molar-refractivity contribution is -0.110. The van der Waals surface area contributed by atoms with Crippen LogP contribution in [0.1, 0.15) is 6.04 Å². The SMILES string of the molecule is Cn1c(=O)n2n(c1=O)C(C=O)C=CC2. The molecular weight excluding hydrogens is 186 g/mol. The van der Waals surface area contributed by atoms with Crippen LogP contribution in [-0.2, 0) is 18.4 Å². The van der Waals surface area contributed by atoms with Gasteiger partial charge in [-0.15, -0.1) is 0 Å². The number of rotatable bonds is 1. The molecule has 2 rings (SSSR count). The van der Waals surface area contributed by atoms with E-state index in [0.717, 1.165) is 9.25 Å². The Morgan fingerprint density at radius 2 is 2.14 bits per heavy atom. The van der Waals surface area contributed by atoms with Crippen molar-refractivity contribution in [3.63, 3.8) is 0 Å². The lowest BCUT2D eigenvalue weighted by Crippen LogP contribution is -2.32. The Morgan fingerprint density at radius 1 is 1.43 bits per heavy atom. The molecular formula is C8H9N3O3. The van der Waals surface area contributed by atoms with Crippen LogP contribution in [0, 0.1) is 0 Å². The van der Waals surface area contributed by atoms with E-state index in [1.54, 1.807) is 12.2 Å². The van der Waals surface area contributed by atoms with Crippen LogP contribution in [-0.4, -0.2) is 20.2 Å². The third kappa shape index (κ3) is 0.935. The van der Waals surface area contributed by atoms with Gasteiger partial charge in [-0.2, -0.15) is 0 Å². The van der Waals surface area contributed by atoms with Gasteiger partial charge in [0, 0.05) is 7.05 Å². The molecule has 0 radical (unpaired) electrons. The molecule has 0 fully saturated rings. The number of aldehydes is 1. The molecule has 1 aromatic rings. The molecule has 1 aliphatic rings. The third-order valence-corrected chi connectivity index (χ3v) is 2.28. The minimum absolute atomic E-state index is 0.333. The molecule has 0 saturated carbocycles. The minimum Gasteiger partial charge on any atom is -0.301 e. The van der Waals surface area contributed by atoms with Crippen molar-refractivity contribution in [1.82, 2.24) is 13.9 Å². The van der Waals surface area contributed by atoms with Crippen molar-refractivity contribution in [2.45, 2.75) is 12.6 Å². The molecule has 6 heteroatoms. The Labute approximate surface area is 78.7 Å². The average Bonchev–Trinajstić information content (AvgIpc) is 2.44. The van der Waals surface area contributed by atoms with Crippen molar-refractivity contribution in [3.05, 3.63) is 33.1 Å². The molecule has 0 aromatic carbocycles. The largest absolute Gasteiger partial charge is 0.347 e. The first kappa shape index (κ1) is 8.74. The predicted molar refractivity (Wildman–Crippen MR) is 48.2 cm³/mol. The molecule has 6 nitrogen and oxygen atoms in total. The summed E-state index contributed by atoms with van der Waals surface area (Å²) in [4.78, 5) is 33.6. The smallest absolute Gasteiger partial charge is 0.301 e. The van der Waals surface area contributed by atoms with Crippen LogP contribution in [0.2, 0.25) is 0 Å². The number of hydrogen-bond donors (Lipinski definition) is 0. The van der Waals surface area contributed by atoms with Crippen molar-refractivity contribution in [2.24, 2.45) is 7.05 Å². The lowest BCUT2D eigenvalue weighted by Gasteiger charge is -2.15. The van der Waals surface area contributed by atoms with Gasteiger partial charge in [-0.1, -0.05) is 12.2 Å². The van der Waals surface area contributed by atoms with Gasteiger partial charge < -0.3 is 4.79 Å². The summed E-state index contributed by atoms with van der Waals surface area (Å²) in [6.07, 6.45) is 3.93. The average molecular weight is 195 g/mol. The van der Waals surface area contributed by atoms with E-state index in [9.17, 15) is 14.4 Å². The molecule has 1 aromatic heterocycles. The molecule has 0 N–H and O–H groups in total. The highest BCUT2D eigenvalue weighted by molar-refractivity contribution is 5.58. The number of aromatic nitrogens is 3. The van der Waals surface area contributed by atoms with Crippen LogP contribution in [0.15, 0.2) is 21.7 Å². The van der Waals surface area contributed by atoms with Crippen molar-refractivity contribution in [1.29, 1.82) is 0 Å². The van der Waals surface area contributed by atoms with Gasteiger partial charge >= 0.3 is 11.4 Å². The number of fused-ring (bicyclic) bond motifs is 1. The predicted octanol–water partition coefficient (Wildman–Crippen LogP) is -1.34. The Kier molecular flexibility index (Phi) is 1.77. The van der Waals surface area contributed by atoms with E-state index < -0.39 is 17.4 Å². The Hall–Kier alpha value is -1.85. The highest BCUT2D eigenvalue weighted by Gasteiger charge is 2.20. The molecule has 2 heterocycles. The lowest BCUT2D eigenvalue weighted by atomic mass is 10.3. The second-order valence-electron chi connectivity index (χ2n) is 3.11. The topological polar surface area (TPSA) is 66.0 Å². The van der Waals surface area contributed by atoms with E-state index in [1.807, 2.05) is 0 Å². The minimum atomic E-state index is -0.662. The Morgan fingerprint density at radius 3 is 2.79 bits per heavy atom. The highest BCUT2D eigenvalue weighted by atomic mass is 16.2. The summed E-state index contributed by atoms with van der Waals surface area (Å²) in [5.41, 5.74) is -0.859. The molecule has 1 atom stereocenters. The zero-order valence-corrected chi connectivity index (χ0v) is 7.58. The Bertz CT molecular complexity index is 517. The first-order chi connectivity index (χ1) is 6.66. The maximum Gasteiger partial charge on any atom is 0.347 e. The number of hydrogen-bond acceptors (Lipinski definition) is 3. The molecule has 14 heavy (non-hydrogen) atoms. The zero-order chi connectivity index (χ0) is 10.3. The van der Waals surface area contributed by atoms with Gasteiger partial charge in [0.25, 0.3) is 0 Å². The number of nitrogens with zero attached hydrogens (tertiary/aromatic N) is 3. The second-order valence-corrected chi connectivity index (χ2v) is 3.11. The van der Waals surface area contributed by atoms with Crippen molar-refractivity contribution < 1.29 is 4.79 Å². The van der Waals surface area contributed by atoms with Crippen LogP contribution >= 0.6 is 0 Å². The summed E-state index contributed by atoms with van der Waals surface area (Å²) in [5, 5.41) is 0. The Balaban J connectivity index is 2.80. The van der Waals surface area contributed by atoms with Gasteiger partial charge in [0.2, 0.25) is 0 Å². The summed E-state index contributed by atoms with van der Waals surface area (Å²) in [5.74, 6) is 0. The van der Waals surface area contributed by atoms with Crippen LogP contribution in [0.5, 0.6) is 0 Å². The van der Waals surface area contributed by atoms with E-state index in [-0.39, 0.29) is 0 Å². The van der Waals surface area contributed by atoms with Gasteiger partial charge in [-0.05, 0) is 0 Å². The zero-order valence-electron chi connectivity index (χ0n) is 7.58. The number of allylic oxidation sites excluding steroid dienone is 2. The maximum atomic E-state index is 11.5. The molecule has 0 bridgehead atoms. The third-order valence-electron chi connectivity index (χ3n) is 2.28. The van der Waals surface area contributed by atoms with E-state index in [4.69, 9.17) is 0 Å². The van der Waals surface area contributed by atoms with E-state index >= 15 is 0 Å². The van der Waals surface area contributed by atoms with Crippen LogP contribution in [0.3, 0.4) is 0 Å². The van der Waals surface area contributed by atoms with E-state index in [1.165, 1.54) is 11.7 Å². The van der Waals surface area contributed by atoms with Crippen molar-refractivity contribution >= 4 is 6.29 Å². The second kappa shape index (κ2) is 2.83. The fourth-order valence-electron chi connectivity index (χ4n) is 1.54. The van der Waals surface area contributed by atoms with Crippen molar-refractivity contribution in [3.8, 4) is 0 Å². The first-order valence-corrected chi connectivity index (χ1v) is 4.17. The molecule has 0 spiro atoms. The monoisotopic (exact) mass is 195 g/mol. The van der Waals surface area contributed by atoms with E-state index in [2.05, 4.69) is 0 Å². The maximum absolute atomic E-state index is 11.5. The van der Waals surface area contributed by atoms with Gasteiger partial charge in [0.05, 0.1) is 6.54 Å². The van der Waals surface area contributed by atoms with Gasteiger partial charge in [0.15, 0.2) is 0 Å². The summed E-state index contributed by atoms with van der Waals surface area (Å²) in [6, 6.07) is -0.662. The van der Waals surface area contributed by atoms with Gasteiger partial charge in [0.1, 0.15) is 12.3 Å². The fraction of sp³-hybridized carbons (Fsp3) is 0.375. The van der Waals surface area contributed by atoms with Crippen LogP contribution in [0.4, 0.5) is 0 Å². The first-order valence-electron chi connectivity index (χ1n) is 4.17. The molecule has 74 valence electrons. The quantitative estimate of drug-likeness (QED) is 0.411. The van der Waals surface area contributed by atoms with Gasteiger partial charge in [-0.3, -0.25) is 0 Å². The summed E-state index contributed by atoms with van der Waals surface area (Å²) in [6.45, 7) is 0.333. The summed E-state index contributed by atoms with van der Waals surface area (Å²) >= 11 is 0. The van der Waals surface area contributed by atoms with Crippen molar-refractivity contribution in [2.75, 3.05) is 0 Å². The highest BCUT2D eigenvalue weighted by Crippen LogP contribution is 2.05.